The smallest absolute Gasteiger partial charge is 0.351 e. The van der Waals surface area contributed by atoms with Crippen LogP contribution < -0.4 is 10.2 Å². The van der Waals surface area contributed by atoms with Gasteiger partial charge in [0.2, 0.25) is 11.8 Å². The number of nitrogens with zero attached hydrogens (tertiary/aromatic N) is 1. The lowest BCUT2D eigenvalue weighted by atomic mass is 10.1. The topological polar surface area (TPSA) is 49.4 Å². The van der Waals surface area contributed by atoms with Gasteiger partial charge in [0, 0.05) is 18.1 Å². The number of hydrogen-bond acceptors (Lipinski definition) is 2. The van der Waals surface area contributed by atoms with Gasteiger partial charge in [-0.25, -0.2) is 0 Å². The Balaban J connectivity index is 1.65. The molecule has 0 spiro atoms. The quantitative estimate of drug-likeness (QED) is 0.715. The Labute approximate surface area is 169 Å². The average Bonchev–Trinajstić information content (AvgIpc) is 3.01. The summed E-state index contributed by atoms with van der Waals surface area (Å²) in [6.45, 7) is 0.204. The van der Waals surface area contributed by atoms with Gasteiger partial charge in [0.1, 0.15) is 5.92 Å². The maximum atomic E-state index is 12.8. The highest BCUT2D eigenvalue weighted by molar-refractivity contribution is 6.37. The molecule has 4 nitrogen and oxygen atoms in total. The van der Waals surface area contributed by atoms with Crippen molar-refractivity contribution in [3.05, 3.63) is 63.6 Å². The van der Waals surface area contributed by atoms with E-state index in [2.05, 4.69) is 5.32 Å². The van der Waals surface area contributed by atoms with Gasteiger partial charge >= 0.3 is 6.18 Å². The van der Waals surface area contributed by atoms with Crippen LogP contribution in [0.25, 0.3) is 0 Å². The summed E-state index contributed by atoms with van der Waals surface area (Å²) in [5, 5.41) is 3.26. The van der Waals surface area contributed by atoms with E-state index < -0.39 is 29.5 Å². The first-order valence-electron chi connectivity index (χ1n) is 8.37. The summed E-state index contributed by atoms with van der Waals surface area (Å²) in [6, 6.07) is 9.38. The fourth-order valence-electron chi connectivity index (χ4n) is 3.03. The molecule has 1 heterocycles. The molecule has 1 aliphatic heterocycles. The molecule has 0 aliphatic carbocycles. The van der Waals surface area contributed by atoms with Gasteiger partial charge in [-0.1, -0.05) is 35.3 Å². The van der Waals surface area contributed by atoms with Crippen molar-refractivity contribution in [2.45, 2.75) is 19.1 Å². The van der Waals surface area contributed by atoms with E-state index in [1.54, 1.807) is 12.1 Å². The monoisotopic (exact) mass is 430 g/mol. The van der Waals surface area contributed by atoms with E-state index in [4.69, 9.17) is 23.2 Å². The van der Waals surface area contributed by atoms with Crippen molar-refractivity contribution in [3.8, 4) is 0 Å². The first kappa shape index (κ1) is 20.5. The minimum atomic E-state index is -4.46. The summed E-state index contributed by atoms with van der Waals surface area (Å²) in [7, 11) is 0. The molecule has 0 saturated carbocycles. The van der Waals surface area contributed by atoms with Gasteiger partial charge in [0.25, 0.3) is 0 Å². The van der Waals surface area contributed by atoms with Crippen molar-refractivity contribution in [2.75, 3.05) is 11.4 Å². The predicted molar refractivity (Wildman–Crippen MR) is 100 cm³/mol. The number of anilines is 1. The zero-order valence-corrected chi connectivity index (χ0v) is 15.9. The van der Waals surface area contributed by atoms with E-state index in [0.717, 1.165) is 12.1 Å². The van der Waals surface area contributed by atoms with Crippen LogP contribution >= 0.6 is 23.2 Å². The maximum absolute atomic E-state index is 12.8. The van der Waals surface area contributed by atoms with Crippen LogP contribution in [0.4, 0.5) is 18.9 Å². The molecule has 1 aliphatic rings. The number of amides is 2. The number of halogens is 5. The third kappa shape index (κ3) is 4.42. The SMILES string of the molecule is O=C(NCc1cccc(C(F)(F)F)c1)[C@@H]1CCN(c2ccc(Cl)cc2Cl)C1=O. The molecule has 0 unspecified atom stereocenters. The lowest BCUT2D eigenvalue weighted by molar-refractivity contribution is -0.137. The van der Waals surface area contributed by atoms with Crippen LogP contribution in [0.3, 0.4) is 0 Å². The number of rotatable bonds is 4. The summed E-state index contributed by atoms with van der Waals surface area (Å²) in [6.07, 6.45) is -4.17. The summed E-state index contributed by atoms with van der Waals surface area (Å²) in [5.41, 5.74) is -0.0322. The summed E-state index contributed by atoms with van der Waals surface area (Å²) >= 11 is 12.0. The Kier molecular flexibility index (Phi) is 5.86. The highest BCUT2D eigenvalue weighted by Crippen LogP contribution is 2.33. The first-order chi connectivity index (χ1) is 13.2. The van der Waals surface area contributed by atoms with Crippen LogP contribution in [0, 0.1) is 5.92 Å². The van der Waals surface area contributed by atoms with Crippen molar-refractivity contribution in [1.82, 2.24) is 5.32 Å². The molecule has 0 aromatic heterocycles. The third-order valence-electron chi connectivity index (χ3n) is 4.44. The van der Waals surface area contributed by atoms with Gasteiger partial charge in [-0.3, -0.25) is 9.59 Å². The number of hydrogen-bond donors (Lipinski definition) is 1. The number of benzene rings is 2. The van der Waals surface area contributed by atoms with Crippen molar-refractivity contribution in [2.24, 2.45) is 5.92 Å². The molecule has 1 saturated heterocycles. The lowest BCUT2D eigenvalue weighted by Crippen LogP contribution is -2.36. The fourth-order valence-corrected chi connectivity index (χ4v) is 3.54. The van der Waals surface area contributed by atoms with Gasteiger partial charge in [0.15, 0.2) is 0 Å². The second kappa shape index (κ2) is 8.01. The van der Waals surface area contributed by atoms with Crippen molar-refractivity contribution in [3.63, 3.8) is 0 Å². The maximum Gasteiger partial charge on any atom is 0.416 e. The van der Waals surface area contributed by atoms with Gasteiger partial charge < -0.3 is 10.2 Å². The second-order valence-corrected chi connectivity index (χ2v) is 7.19. The fraction of sp³-hybridized carbons (Fsp3) is 0.263. The molecule has 148 valence electrons. The zero-order valence-electron chi connectivity index (χ0n) is 14.4. The third-order valence-corrected chi connectivity index (χ3v) is 4.98. The predicted octanol–water partition coefficient (Wildman–Crippen LogP) is 4.68. The Morgan fingerprint density at radius 1 is 1.18 bits per heavy atom. The molecular weight excluding hydrogens is 416 g/mol. The Bertz CT molecular complexity index is 918. The number of carbonyl (C=O) groups is 2. The van der Waals surface area contributed by atoms with E-state index in [0.29, 0.717) is 27.8 Å². The van der Waals surface area contributed by atoms with E-state index >= 15 is 0 Å². The molecule has 2 aromatic carbocycles. The van der Waals surface area contributed by atoms with Crippen LogP contribution in [0.1, 0.15) is 17.5 Å². The largest absolute Gasteiger partial charge is 0.416 e. The van der Waals surface area contributed by atoms with Crippen LogP contribution in [0.5, 0.6) is 0 Å². The molecule has 2 aromatic rings. The number of nitrogens with one attached hydrogen (secondary N) is 1. The van der Waals surface area contributed by atoms with Crippen LogP contribution in [0.15, 0.2) is 42.5 Å². The number of carbonyl (C=O) groups excluding carboxylic acids is 2. The lowest BCUT2D eigenvalue weighted by Gasteiger charge is -2.18. The molecule has 1 atom stereocenters. The van der Waals surface area contributed by atoms with Gasteiger partial charge in [0.05, 0.1) is 16.3 Å². The molecule has 9 heteroatoms. The van der Waals surface area contributed by atoms with Crippen LogP contribution in [0.2, 0.25) is 10.0 Å². The van der Waals surface area contributed by atoms with E-state index in [1.807, 2.05) is 0 Å². The van der Waals surface area contributed by atoms with Crippen LogP contribution in [-0.2, 0) is 22.3 Å². The summed E-state index contributed by atoms with van der Waals surface area (Å²) < 4.78 is 38.3. The van der Waals surface area contributed by atoms with Crippen molar-refractivity contribution in [1.29, 1.82) is 0 Å². The molecule has 0 bridgehead atoms. The van der Waals surface area contributed by atoms with Crippen molar-refractivity contribution < 1.29 is 22.8 Å². The standard InChI is InChI=1S/C19H15Cl2F3N2O2/c20-13-4-5-16(15(21)9-13)26-7-6-14(18(26)28)17(27)25-10-11-2-1-3-12(8-11)19(22,23)24/h1-5,8-9,14H,6-7,10H2,(H,25,27)/t14-/m0/s1. The normalized spacial score (nSPS) is 17.1. The van der Waals surface area contributed by atoms with Gasteiger partial charge in [-0.2, -0.15) is 13.2 Å². The second-order valence-electron chi connectivity index (χ2n) is 6.34. The molecule has 1 N–H and O–H groups in total. The average molecular weight is 431 g/mol. The highest BCUT2D eigenvalue weighted by atomic mass is 35.5. The number of alkyl halides is 3. The highest BCUT2D eigenvalue weighted by Gasteiger charge is 2.38. The molecule has 28 heavy (non-hydrogen) atoms. The van der Waals surface area contributed by atoms with E-state index in [-0.39, 0.29) is 13.0 Å². The minimum Gasteiger partial charge on any atom is -0.351 e. The molecule has 0 radical (unpaired) electrons. The summed E-state index contributed by atoms with van der Waals surface area (Å²) in [5.74, 6) is -1.86. The summed E-state index contributed by atoms with van der Waals surface area (Å²) in [4.78, 5) is 26.4. The van der Waals surface area contributed by atoms with Crippen LogP contribution in [-0.4, -0.2) is 18.4 Å². The Morgan fingerprint density at radius 2 is 1.93 bits per heavy atom. The minimum absolute atomic E-state index is 0.103. The molecule has 3 rings (SSSR count). The Morgan fingerprint density at radius 3 is 2.61 bits per heavy atom. The molecular formula is C19H15Cl2F3N2O2. The van der Waals surface area contributed by atoms with Crippen molar-refractivity contribution >= 4 is 40.7 Å². The molecule has 2 amide bonds. The first-order valence-corrected chi connectivity index (χ1v) is 9.12. The molecule has 1 fully saturated rings. The van der Waals surface area contributed by atoms with E-state index in [9.17, 15) is 22.8 Å². The van der Waals surface area contributed by atoms with E-state index in [1.165, 1.54) is 23.1 Å². The van der Waals surface area contributed by atoms with Gasteiger partial charge in [-0.15, -0.1) is 0 Å². The van der Waals surface area contributed by atoms with Gasteiger partial charge in [-0.05, 0) is 42.3 Å². The Hall–Kier alpha value is -2.25. The zero-order chi connectivity index (χ0) is 20.5.